The first-order valence-corrected chi connectivity index (χ1v) is 13.9. The zero-order chi connectivity index (χ0) is 26.4. The molecule has 0 unspecified atom stereocenters. The molecule has 192 valence electrons. The molecule has 0 saturated carbocycles. The van der Waals surface area contributed by atoms with E-state index in [2.05, 4.69) is 5.32 Å². The predicted molar refractivity (Wildman–Crippen MR) is 148 cm³/mol. The maximum atomic E-state index is 13.9. The van der Waals surface area contributed by atoms with Gasteiger partial charge in [0.25, 0.3) is 11.1 Å². The summed E-state index contributed by atoms with van der Waals surface area (Å²) in [6, 6.07) is 6.55. The zero-order valence-corrected chi connectivity index (χ0v) is 22.9. The second-order valence-electron chi connectivity index (χ2n) is 8.92. The number of nitrogens with zero attached hydrogens (tertiary/aromatic N) is 4. The fourth-order valence-electron chi connectivity index (χ4n) is 4.50. The maximum absolute atomic E-state index is 13.9. The molecule has 4 aromatic rings. The quantitative estimate of drug-likeness (QED) is 0.297. The van der Waals surface area contributed by atoms with E-state index in [-0.39, 0.29) is 17.1 Å². The van der Waals surface area contributed by atoms with E-state index >= 15 is 0 Å². The SMILES string of the molecule is Cc1c(Cl)cccc1-n1c(SCC(=O)Nc2cc(=O)n(C)c(=O)n2C)nc2sc3c(c2c1=O)CCCC3. The first-order valence-electron chi connectivity index (χ1n) is 11.7. The van der Waals surface area contributed by atoms with Crippen molar-refractivity contribution < 1.29 is 4.79 Å². The van der Waals surface area contributed by atoms with E-state index < -0.39 is 17.2 Å². The molecule has 37 heavy (non-hydrogen) atoms. The average Bonchev–Trinajstić information content (AvgIpc) is 3.25. The summed E-state index contributed by atoms with van der Waals surface area (Å²) in [6.07, 6.45) is 3.92. The van der Waals surface area contributed by atoms with Gasteiger partial charge in [-0.05, 0) is 55.9 Å². The Bertz CT molecular complexity index is 1750. The van der Waals surface area contributed by atoms with Gasteiger partial charge < -0.3 is 5.32 Å². The molecule has 1 N–H and O–H groups in total. The topological polar surface area (TPSA) is 108 Å². The standard InChI is InChI=1S/C25H24ClN5O4S2/c1-13-15(26)8-6-9-16(13)31-23(34)21-14-7-4-5-10-17(14)37-22(21)28-24(31)36-12-19(32)27-18-11-20(33)30(3)25(35)29(18)2/h6,8-9,11H,4-5,7,10,12H2,1-3H3,(H,27,32). The van der Waals surface area contributed by atoms with E-state index in [1.54, 1.807) is 23.5 Å². The highest BCUT2D eigenvalue weighted by Crippen LogP contribution is 2.35. The lowest BCUT2D eigenvalue weighted by molar-refractivity contribution is -0.113. The third kappa shape index (κ3) is 4.55. The van der Waals surface area contributed by atoms with Crippen molar-refractivity contribution in [3.8, 4) is 5.69 Å². The van der Waals surface area contributed by atoms with Gasteiger partial charge in [-0.2, -0.15) is 0 Å². The number of anilines is 1. The van der Waals surface area contributed by atoms with Crippen molar-refractivity contribution in [3.05, 3.63) is 76.5 Å². The lowest BCUT2D eigenvalue weighted by Gasteiger charge is -2.16. The van der Waals surface area contributed by atoms with Gasteiger partial charge in [0, 0.05) is 30.1 Å². The number of hydrogen-bond acceptors (Lipinski definition) is 7. The van der Waals surface area contributed by atoms with Gasteiger partial charge in [-0.3, -0.25) is 28.1 Å². The summed E-state index contributed by atoms with van der Waals surface area (Å²) in [6.45, 7) is 1.84. The Balaban J connectivity index is 1.55. The minimum atomic E-state index is -0.547. The summed E-state index contributed by atoms with van der Waals surface area (Å²) in [5.41, 5.74) is 1.18. The number of amides is 1. The second-order valence-corrected chi connectivity index (χ2v) is 11.3. The van der Waals surface area contributed by atoms with Gasteiger partial charge in [0.15, 0.2) is 5.16 Å². The van der Waals surface area contributed by atoms with Crippen LogP contribution in [0.4, 0.5) is 5.82 Å². The van der Waals surface area contributed by atoms with Gasteiger partial charge in [-0.1, -0.05) is 29.4 Å². The Hall–Kier alpha value is -3.15. The van der Waals surface area contributed by atoms with Crippen LogP contribution >= 0.6 is 34.7 Å². The van der Waals surface area contributed by atoms with Crippen LogP contribution in [0.5, 0.6) is 0 Å². The van der Waals surface area contributed by atoms with Crippen LogP contribution in [0.3, 0.4) is 0 Å². The number of aryl methyl sites for hydroxylation is 2. The number of hydrogen-bond donors (Lipinski definition) is 1. The molecule has 0 saturated heterocycles. The van der Waals surface area contributed by atoms with Crippen LogP contribution in [0.25, 0.3) is 15.9 Å². The molecule has 1 aliphatic rings. The number of nitrogens with one attached hydrogen (secondary N) is 1. The van der Waals surface area contributed by atoms with Gasteiger partial charge in [-0.15, -0.1) is 11.3 Å². The monoisotopic (exact) mass is 557 g/mol. The summed E-state index contributed by atoms with van der Waals surface area (Å²) < 4.78 is 3.68. The highest BCUT2D eigenvalue weighted by Gasteiger charge is 2.24. The fourth-order valence-corrected chi connectivity index (χ4v) is 6.77. The minimum absolute atomic E-state index is 0.0912. The first-order chi connectivity index (χ1) is 17.7. The number of thiophene rings is 1. The summed E-state index contributed by atoms with van der Waals surface area (Å²) in [4.78, 5) is 57.7. The molecule has 9 nitrogen and oxygen atoms in total. The summed E-state index contributed by atoms with van der Waals surface area (Å²) in [5, 5.41) is 4.15. The Morgan fingerprint density at radius 2 is 1.92 bits per heavy atom. The van der Waals surface area contributed by atoms with E-state index in [4.69, 9.17) is 16.6 Å². The molecule has 0 spiro atoms. The van der Waals surface area contributed by atoms with Gasteiger partial charge in [0.1, 0.15) is 10.6 Å². The van der Waals surface area contributed by atoms with Crippen molar-refractivity contribution in [3.63, 3.8) is 0 Å². The van der Waals surface area contributed by atoms with Crippen LogP contribution in [0.15, 0.2) is 43.8 Å². The summed E-state index contributed by atoms with van der Waals surface area (Å²) in [7, 11) is 2.84. The first kappa shape index (κ1) is 25.5. The molecule has 0 bridgehead atoms. The molecule has 3 aromatic heterocycles. The normalized spacial score (nSPS) is 13.1. The van der Waals surface area contributed by atoms with Crippen LogP contribution in [0.1, 0.15) is 28.8 Å². The Kier molecular flexibility index (Phi) is 6.86. The van der Waals surface area contributed by atoms with Crippen molar-refractivity contribution in [2.75, 3.05) is 11.1 Å². The molecular formula is C25H24ClN5O4S2. The lowest BCUT2D eigenvalue weighted by Crippen LogP contribution is -2.38. The van der Waals surface area contributed by atoms with Gasteiger partial charge >= 0.3 is 5.69 Å². The number of benzene rings is 1. The van der Waals surface area contributed by atoms with E-state index in [9.17, 15) is 19.2 Å². The highest BCUT2D eigenvalue weighted by molar-refractivity contribution is 7.99. The Morgan fingerprint density at radius 1 is 1.16 bits per heavy atom. The van der Waals surface area contributed by atoms with Crippen molar-refractivity contribution in [1.82, 2.24) is 18.7 Å². The largest absolute Gasteiger partial charge is 0.332 e. The number of fused-ring (bicyclic) bond motifs is 3. The van der Waals surface area contributed by atoms with Crippen LogP contribution in [-0.4, -0.2) is 30.3 Å². The number of carbonyl (C=O) groups is 1. The van der Waals surface area contributed by atoms with Crippen molar-refractivity contribution in [2.45, 2.75) is 37.8 Å². The molecule has 0 atom stereocenters. The zero-order valence-electron chi connectivity index (χ0n) is 20.5. The molecular weight excluding hydrogens is 534 g/mol. The number of carbonyl (C=O) groups excluding carboxylic acids is 1. The second kappa shape index (κ2) is 9.96. The van der Waals surface area contributed by atoms with Crippen molar-refractivity contribution in [1.29, 1.82) is 0 Å². The summed E-state index contributed by atoms with van der Waals surface area (Å²) >= 11 is 9.04. The van der Waals surface area contributed by atoms with Crippen molar-refractivity contribution >= 4 is 56.6 Å². The van der Waals surface area contributed by atoms with Crippen LogP contribution in [-0.2, 0) is 31.7 Å². The molecule has 0 aliphatic heterocycles. The highest BCUT2D eigenvalue weighted by atomic mass is 35.5. The van der Waals surface area contributed by atoms with E-state index in [1.807, 2.05) is 13.0 Å². The Morgan fingerprint density at radius 3 is 2.70 bits per heavy atom. The third-order valence-corrected chi connectivity index (χ3v) is 9.10. The fraction of sp³-hybridized carbons (Fsp3) is 0.320. The number of aromatic nitrogens is 4. The predicted octanol–water partition coefficient (Wildman–Crippen LogP) is 3.42. The summed E-state index contributed by atoms with van der Waals surface area (Å²) in [5.74, 6) is -0.440. The Labute approximate surface area is 224 Å². The molecule has 1 aliphatic carbocycles. The van der Waals surface area contributed by atoms with Gasteiger partial charge in [-0.25, -0.2) is 9.78 Å². The number of rotatable bonds is 5. The molecule has 12 heteroatoms. The molecule has 3 heterocycles. The van der Waals surface area contributed by atoms with Gasteiger partial charge in [0.2, 0.25) is 5.91 Å². The van der Waals surface area contributed by atoms with E-state index in [0.717, 1.165) is 53.1 Å². The van der Waals surface area contributed by atoms with E-state index in [1.165, 1.54) is 34.2 Å². The third-order valence-electron chi connectivity index (χ3n) is 6.56. The minimum Gasteiger partial charge on any atom is -0.311 e. The average molecular weight is 558 g/mol. The lowest BCUT2D eigenvalue weighted by atomic mass is 9.97. The number of thioether (sulfide) groups is 1. The smallest absolute Gasteiger partial charge is 0.311 e. The van der Waals surface area contributed by atoms with Crippen LogP contribution < -0.4 is 22.1 Å². The molecule has 0 fully saturated rings. The number of halogens is 1. The molecule has 1 aromatic carbocycles. The van der Waals surface area contributed by atoms with E-state index in [0.29, 0.717) is 26.1 Å². The molecule has 0 radical (unpaired) electrons. The van der Waals surface area contributed by atoms with Crippen LogP contribution in [0, 0.1) is 6.92 Å². The van der Waals surface area contributed by atoms with Gasteiger partial charge in [0.05, 0.1) is 16.8 Å². The molecule has 1 amide bonds. The maximum Gasteiger partial charge on any atom is 0.332 e. The molecule has 5 rings (SSSR count). The van der Waals surface area contributed by atoms with Crippen molar-refractivity contribution in [2.24, 2.45) is 14.1 Å². The van der Waals surface area contributed by atoms with Crippen LogP contribution in [0.2, 0.25) is 5.02 Å².